The van der Waals surface area contributed by atoms with Gasteiger partial charge in [-0.05, 0) is 48.9 Å². The highest BCUT2D eigenvalue weighted by atomic mass is 16.5. The van der Waals surface area contributed by atoms with Crippen LogP contribution in [-0.4, -0.2) is 66.9 Å². The summed E-state index contributed by atoms with van der Waals surface area (Å²) in [7, 11) is 1.48. The van der Waals surface area contributed by atoms with Crippen LogP contribution in [0.2, 0.25) is 0 Å². The third-order valence-corrected chi connectivity index (χ3v) is 7.17. The van der Waals surface area contributed by atoms with E-state index < -0.39 is 23.0 Å². The summed E-state index contributed by atoms with van der Waals surface area (Å²) < 4.78 is 10.7. The Morgan fingerprint density at radius 2 is 1.57 bits per heavy atom. The van der Waals surface area contributed by atoms with Gasteiger partial charge in [-0.15, -0.1) is 0 Å². The number of fused-ring (bicyclic) bond motifs is 3. The van der Waals surface area contributed by atoms with Crippen molar-refractivity contribution < 1.29 is 29.0 Å². The molecule has 2 N–H and O–H groups in total. The van der Waals surface area contributed by atoms with Gasteiger partial charge in [-0.25, -0.2) is 4.79 Å². The molecular weight excluding hydrogens is 448 g/mol. The predicted molar refractivity (Wildman–Crippen MR) is 130 cm³/mol. The number of carbonyl (C=O) groups excluding carboxylic acids is 2. The summed E-state index contributed by atoms with van der Waals surface area (Å²) in [6.07, 6.45) is -0.0761. The number of methoxy groups -OCH3 is 1. The molecule has 4 rings (SSSR count). The smallest absolute Gasteiger partial charge is 0.408 e. The van der Waals surface area contributed by atoms with Crippen LogP contribution < -0.4 is 5.32 Å². The number of likely N-dealkylation sites (tertiary alicyclic amines) is 1. The Bertz CT molecular complexity index is 1070. The number of nitrogens with zero attached hydrogens (tertiary/aromatic N) is 1. The average molecular weight is 481 g/mol. The van der Waals surface area contributed by atoms with Gasteiger partial charge >= 0.3 is 12.1 Å². The predicted octanol–water partition coefficient (Wildman–Crippen LogP) is 3.64. The minimum atomic E-state index is -1.20. The molecule has 2 aliphatic rings. The maximum atomic E-state index is 13.2. The molecule has 0 radical (unpaired) electrons. The van der Waals surface area contributed by atoms with Crippen LogP contribution in [-0.2, 0) is 19.1 Å². The molecular formula is C27H32N2O6. The van der Waals surface area contributed by atoms with E-state index in [0.717, 1.165) is 22.3 Å². The number of nitrogens with one attached hydrogen (secondary N) is 1. The van der Waals surface area contributed by atoms with E-state index in [0.29, 0.717) is 12.8 Å². The zero-order valence-electron chi connectivity index (χ0n) is 20.4. The molecule has 1 aliphatic heterocycles. The third kappa shape index (κ3) is 4.75. The lowest BCUT2D eigenvalue weighted by molar-refractivity contribution is -0.159. The molecule has 0 unspecified atom stereocenters. The Labute approximate surface area is 205 Å². The summed E-state index contributed by atoms with van der Waals surface area (Å²) in [5.74, 6) is -1.26. The van der Waals surface area contributed by atoms with Gasteiger partial charge in [0.25, 0.3) is 0 Å². The molecule has 186 valence electrons. The number of carboxylic acids is 1. The van der Waals surface area contributed by atoms with E-state index in [-0.39, 0.29) is 38.1 Å². The van der Waals surface area contributed by atoms with Crippen molar-refractivity contribution in [2.24, 2.45) is 5.41 Å². The zero-order chi connectivity index (χ0) is 25.2. The van der Waals surface area contributed by atoms with Crippen molar-refractivity contribution in [2.75, 3.05) is 33.4 Å². The average Bonchev–Trinajstić information content (AvgIpc) is 3.16. The van der Waals surface area contributed by atoms with Gasteiger partial charge in [-0.2, -0.15) is 0 Å². The van der Waals surface area contributed by atoms with E-state index in [2.05, 4.69) is 17.4 Å². The number of hydrogen-bond acceptors (Lipinski definition) is 5. The van der Waals surface area contributed by atoms with Crippen LogP contribution in [0.3, 0.4) is 0 Å². The SMILES string of the molecule is COCC1(C(=O)O)CCN(C(=O)C(C)(C)NC(=O)OCC2c3ccccc3-c3ccccc32)CC1. The Morgan fingerprint density at radius 3 is 2.09 bits per heavy atom. The highest BCUT2D eigenvalue weighted by Gasteiger charge is 2.45. The summed E-state index contributed by atoms with van der Waals surface area (Å²) in [5.41, 5.74) is 2.32. The molecule has 2 aromatic carbocycles. The first kappa shape index (κ1) is 24.7. The number of carboxylic acid groups (broad SMARTS) is 1. The van der Waals surface area contributed by atoms with E-state index in [1.807, 2.05) is 36.4 Å². The van der Waals surface area contributed by atoms with E-state index in [4.69, 9.17) is 9.47 Å². The molecule has 35 heavy (non-hydrogen) atoms. The molecule has 0 aromatic heterocycles. The Hall–Kier alpha value is -3.39. The number of carbonyl (C=O) groups is 3. The van der Waals surface area contributed by atoms with Crippen molar-refractivity contribution >= 4 is 18.0 Å². The third-order valence-electron chi connectivity index (χ3n) is 7.17. The minimum absolute atomic E-state index is 0.0704. The van der Waals surface area contributed by atoms with Crippen LogP contribution in [0.25, 0.3) is 11.1 Å². The molecule has 0 atom stereocenters. The fraction of sp³-hybridized carbons (Fsp3) is 0.444. The van der Waals surface area contributed by atoms with Crippen LogP contribution in [0.5, 0.6) is 0 Å². The molecule has 8 nitrogen and oxygen atoms in total. The number of ether oxygens (including phenoxy) is 2. The number of aliphatic carboxylic acids is 1. The molecule has 8 heteroatoms. The quantitative estimate of drug-likeness (QED) is 0.627. The fourth-order valence-corrected chi connectivity index (χ4v) is 5.17. The van der Waals surface area contributed by atoms with Gasteiger partial charge in [0.05, 0.1) is 12.0 Å². The second kappa shape index (κ2) is 9.70. The summed E-state index contributed by atoms with van der Waals surface area (Å²) in [4.78, 5) is 39.2. The number of rotatable bonds is 7. The molecule has 1 fully saturated rings. The van der Waals surface area contributed by atoms with Gasteiger partial charge < -0.3 is 24.8 Å². The van der Waals surface area contributed by atoms with Crippen molar-refractivity contribution in [3.63, 3.8) is 0 Å². The van der Waals surface area contributed by atoms with Crippen LogP contribution in [0.4, 0.5) is 4.79 Å². The number of hydrogen-bond donors (Lipinski definition) is 2. The van der Waals surface area contributed by atoms with Gasteiger partial charge in [0, 0.05) is 26.1 Å². The van der Waals surface area contributed by atoms with Crippen molar-refractivity contribution in [3.8, 4) is 11.1 Å². The highest BCUT2D eigenvalue weighted by molar-refractivity contribution is 5.89. The Morgan fingerprint density at radius 1 is 1.03 bits per heavy atom. The summed E-state index contributed by atoms with van der Waals surface area (Å²) >= 11 is 0. The van der Waals surface area contributed by atoms with Gasteiger partial charge in [0.1, 0.15) is 12.1 Å². The summed E-state index contributed by atoms with van der Waals surface area (Å²) in [6, 6.07) is 16.2. The standard InChI is InChI=1S/C27H32N2O6/c1-26(2,23(30)29-14-12-27(13-15-29,17-34-3)24(31)32)28-25(33)35-16-22-20-10-6-4-8-18(20)19-9-5-7-11-21(19)22/h4-11,22H,12-17H2,1-3H3,(H,28,33)(H,31,32). The van der Waals surface area contributed by atoms with Crippen LogP contribution in [0.1, 0.15) is 43.7 Å². The van der Waals surface area contributed by atoms with Gasteiger partial charge in [0.15, 0.2) is 0 Å². The first-order chi connectivity index (χ1) is 16.7. The summed E-state index contributed by atoms with van der Waals surface area (Å²) in [5, 5.41) is 12.3. The van der Waals surface area contributed by atoms with Gasteiger partial charge in [-0.3, -0.25) is 9.59 Å². The molecule has 0 saturated carbocycles. The fourth-order valence-electron chi connectivity index (χ4n) is 5.17. The second-order valence-corrected chi connectivity index (χ2v) is 9.89. The van der Waals surface area contributed by atoms with E-state index in [1.165, 1.54) is 7.11 Å². The van der Waals surface area contributed by atoms with Crippen LogP contribution in [0, 0.1) is 5.41 Å². The van der Waals surface area contributed by atoms with E-state index in [9.17, 15) is 19.5 Å². The number of benzene rings is 2. The van der Waals surface area contributed by atoms with Gasteiger partial charge in [-0.1, -0.05) is 48.5 Å². The maximum Gasteiger partial charge on any atom is 0.408 e. The lowest BCUT2D eigenvalue weighted by Gasteiger charge is -2.41. The molecule has 0 bridgehead atoms. The number of amides is 2. The number of piperidine rings is 1. The lowest BCUT2D eigenvalue weighted by atomic mass is 9.78. The van der Waals surface area contributed by atoms with Crippen molar-refractivity contribution in [2.45, 2.75) is 38.1 Å². The van der Waals surface area contributed by atoms with E-state index >= 15 is 0 Å². The maximum absolute atomic E-state index is 13.2. The zero-order valence-corrected chi connectivity index (χ0v) is 20.4. The Kier molecular flexibility index (Phi) is 6.85. The molecule has 2 amide bonds. The monoisotopic (exact) mass is 480 g/mol. The highest BCUT2D eigenvalue weighted by Crippen LogP contribution is 2.44. The van der Waals surface area contributed by atoms with Crippen molar-refractivity contribution in [1.29, 1.82) is 0 Å². The minimum Gasteiger partial charge on any atom is -0.481 e. The molecule has 0 spiro atoms. The molecule has 1 saturated heterocycles. The molecule has 1 aliphatic carbocycles. The van der Waals surface area contributed by atoms with Crippen molar-refractivity contribution in [3.05, 3.63) is 59.7 Å². The van der Waals surface area contributed by atoms with Gasteiger partial charge in [0.2, 0.25) is 5.91 Å². The lowest BCUT2D eigenvalue weighted by Crippen LogP contribution is -2.59. The van der Waals surface area contributed by atoms with Crippen molar-refractivity contribution in [1.82, 2.24) is 10.2 Å². The molecule has 1 heterocycles. The Balaban J connectivity index is 1.36. The second-order valence-electron chi connectivity index (χ2n) is 9.89. The topological polar surface area (TPSA) is 105 Å². The van der Waals surface area contributed by atoms with E-state index in [1.54, 1.807) is 18.7 Å². The first-order valence-electron chi connectivity index (χ1n) is 11.8. The molecule has 2 aromatic rings. The van der Waals surface area contributed by atoms with Crippen LogP contribution in [0.15, 0.2) is 48.5 Å². The largest absolute Gasteiger partial charge is 0.481 e. The normalized spacial score (nSPS) is 16.8. The first-order valence-corrected chi connectivity index (χ1v) is 11.8. The van der Waals surface area contributed by atoms with Crippen LogP contribution >= 0.6 is 0 Å². The summed E-state index contributed by atoms with van der Waals surface area (Å²) in [6.45, 7) is 4.09. The number of alkyl carbamates (subject to hydrolysis) is 1.